The van der Waals surface area contributed by atoms with Crippen LogP contribution in [0.15, 0.2) is 12.1 Å². The first-order chi connectivity index (χ1) is 9.51. The molecule has 0 aliphatic rings. The zero-order valence-corrected chi connectivity index (χ0v) is 12.2. The molecule has 5 nitrogen and oxygen atoms in total. The normalized spacial score (nSPS) is 12.7. The molecule has 1 aromatic rings. The van der Waals surface area contributed by atoms with Crippen molar-refractivity contribution in [3.05, 3.63) is 34.9 Å². The van der Waals surface area contributed by atoms with Crippen molar-refractivity contribution in [1.29, 1.82) is 0 Å². The lowest BCUT2D eigenvalue weighted by Crippen LogP contribution is -2.34. The average molecular weight is 301 g/mol. The zero-order valence-electron chi connectivity index (χ0n) is 12.2. The van der Waals surface area contributed by atoms with Crippen molar-refractivity contribution in [3.8, 4) is 0 Å². The molecule has 0 aliphatic heterocycles. The quantitative estimate of drug-likeness (QED) is 0.898. The molecule has 1 aromatic carbocycles. The lowest BCUT2D eigenvalue weighted by molar-refractivity contribution is 0.0506. The van der Waals surface area contributed by atoms with Gasteiger partial charge in [0.25, 0.3) is 0 Å². The summed E-state index contributed by atoms with van der Waals surface area (Å²) in [5.74, 6) is -4.09. The largest absolute Gasteiger partial charge is 0.477 e. The molecule has 0 aromatic heterocycles. The Labute approximate surface area is 120 Å². The van der Waals surface area contributed by atoms with E-state index in [9.17, 15) is 18.4 Å². The highest BCUT2D eigenvalue weighted by Crippen LogP contribution is 2.21. The van der Waals surface area contributed by atoms with Crippen LogP contribution in [0.5, 0.6) is 0 Å². The zero-order chi connectivity index (χ0) is 16.4. The molecular weight excluding hydrogens is 284 g/mol. The van der Waals surface area contributed by atoms with Crippen molar-refractivity contribution in [2.45, 2.75) is 39.3 Å². The Balaban J connectivity index is 2.92. The Morgan fingerprint density at radius 2 is 1.71 bits per heavy atom. The number of amides is 1. The van der Waals surface area contributed by atoms with Crippen molar-refractivity contribution in [2.24, 2.45) is 0 Å². The van der Waals surface area contributed by atoms with Crippen LogP contribution in [-0.4, -0.2) is 22.8 Å². The number of carbonyl (C=O) groups excluding carboxylic acids is 1. The Kier molecular flexibility index (Phi) is 4.88. The molecule has 1 amide bonds. The van der Waals surface area contributed by atoms with Gasteiger partial charge in [-0.3, -0.25) is 0 Å². The third-order valence-corrected chi connectivity index (χ3v) is 2.51. The third kappa shape index (κ3) is 4.70. The smallest absolute Gasteiger partial charge is 0.408 e. The van der Waals surface area contributed by atoms with E-state index in [4.69, 9.17) is 9.84 Å². The summed E-state index contributed by atoms with van der Waals surface area (Å²) in [6.07, 6.45) is -0.738. The van der Waals surface area contributed by atoms with Crippen LogP contribution in [0.4, 0.5) is 13.6 Å². The van der Waals surface area contributed by atoms with Crippen LogP contribution in [0.2, 0.25) is 0 Å². The third-order valence-electron chi connectivity index (χ3n) is 2.51. The molecule has 0 spiro atoms. The molecule has 0 bridgehead atoms. The number of alkyl carbamates (subject to hydrolysis) is 1. The SMILES string of the molecule is C[C@H](NC(=O)OC(C)(C)C)c1cc(F)c(C(=O)O)c(F)c1. The van der Waals surface area contributed by atoms with E-state index in [-0.39, 0.29) is 5.56 Å². The molecule has 0 radical (unpaired) electrons. The monoisotopic (exact) mass is 301 g/mol. The highest BCUT2D eigenvalue weighted by molar-refractivity contribution is 5.88. The predicted octanol–water partition coefficient (Wildman–Crippen LogP) is 3.25. The average Bonchev–Trinajstić information content (AvgIpc) is 2.24. The van der Waals surface area contributed by atoms with Crippen molar-refractivity contribution < 1.29 is 28.2 Å². The summed E-state index contributed by atoms with van der Waals surface area (Å²) in [7, 11) is 0. The standard InChI is InChI=1S/C14H17F2NO4/c1-7(17-13(20)21-14(2,3)4)8-5-9(15)11(12(18)19)10(16)6-8/h5-7H,1-4H3,(H,17,20)(H,18,19)/t7-/m0/s1. The fourth-order valence-electron chi connectivity index (χ4n) is 1.61. The highest BCUT2D eigenvalue weighted by atomic mass is 19.1. The molecule has 2 N–H and O–H groups in total. The van der Waals surface area contributed by atoms with E-state index in [1.54, 1.807) is 20.8 Å². The number of carbonyl (C=O) groups is 2. The summed E-state index contributed by atoms with van der Waals surface area (Å²) in [6, 6.07) is 0.995. The van der Waals surface area contributed by atoms with E-state index >= 15 is 0 Å². The molecule has 0 aliphatic carbocycles. The number of benzene rings is 1. The summed E-state index contributed by atoms with van der Waals surface area (Å²) in [4.78, 5) is 22.3. The van der Waals surface area contributed by atoms with Gasteiger partial charge >= 0.3 is 12.1 Å². The summed E-state index contributed by atoms with van der Waals surface area (Å²) < 4.78 is 32.2. The summed E-state index contributed by atoms with van der Waals surface area (Å²) in [5.41, 5.74) is -1.63. The fourth-order valence-corrected chi connectivity index (χ4v) is 1.61. The van der Waals surface area contributed by atoms with Gasteiger partial charge in [0.1, 0.15) is 22.8 Å². The molecule has 1 atom stereocenters. The van der Waals surface area contributed by atoms with Gasteiger partial charge < -0.3 is 15.2 Å². The molecule has 116 valence electrons. The number of hydrogen-bond acceptors (Lipinski definition) is 3. The van der Waals surface area contributed by atoms with Crippen LogP contribution >= 0.6 is 0 Å². The number of ether oxygens (including phenoxy) is 1. The highest BCUT2D eigenvalue weighted by Gasteiger charge is 2.22. The van der Waals surface area contributed by atoms with Gasteiger partial charge in [-0.1, -0.05) is 0 Å². The number of carboxylic acids is 1. The topological polar surface area (TPSA) is 75.6 Å². The van der Waals surface area contributed by atoms with Gasteiger partial charge in [0, 0.05) is 0 Å². The number of carboxylic acid groups (broad SMARTS) is 1. The molecule has 0 unspecified atom stereocenters. The van der Waals surface area contributed by atoms with Gasteiger partial charge in [0.05, 0.1) is 6.04 Å². The van der Waals surface area contributed by atoms with Crippen LogP contribution < -0.4 is 5.32 Å². The van der Waals surface area contributed by atoms with Gasteiger partial charge in [0.15, 0.2) is 0 Å². The second-order valence-electron chi connectivity index (χ2n) is 5.53. The molecule has 21 heavy (non-hydrogen) atoms. The second kappa shape index (κ2) is 6.07. The van der Waals surface area contributed by atoms with E-state index in [2.05, 4.69) is 5.32 Å². The molecule has 1 rings (SSSR count). The summed E-state index contributed by atoms with van der Waals surface area (Å²) >= 11 is 0. The number of nitrogens with one attached hydrogen (secondary N) is 1. The number of halogens is 2. The molecule has 7 heteroatoms. The second-order valence-corrected chi connectivity index (χ2v) is 5.53. The Morgan fingerprint density at radius 1 is 1.24 bits per heavy atom. The fraction of sp³-hybridized carbons (Fsp3) is 0.429. The molecular formula is C14H17F2NO4. The maximum Gasteiger partial charge on any atom is 0.408 e. The van der Waals surface area contributed by atoms with Crippen molar-refractivity contribution >= 4 is 12.1 Å². The molecule has 0 saturated heterocycles. The number of rotatable bonds is 3. The first-order valence-corrected chi connectivity index (χ1v) is 6.23. The van der Waals surface area contributed by atoms with Crippen LogP contribution in [0.25, 0.3) is 0 Å². The molecule has 0 heterocycles. The van der Waals surface area contributed by atoms with Crippen LogP contribution in [0.1, 0.15) is 49.7 Å². The number of aromatic carboxylic acids is 1. The van der Waals surface area contributed by atoms with Crippen LogP contribution in [0.3, 0.4) is 0 Å². The number of hydrogen-bond donors (Lipinski definition) is 2. The Morgan fingerprint density at radius 3 is 2.10 bits per heavy atom. The van der Waals surface area contributed by atoms with Crippen LogP contribution in [0, 0.1) is 11.6 Å². The van der Waals surface area contributed by atoms with Gasteiger partial charge in [-0.05, 0) is 45.4 Å². The van der Waals surface area contributed by atoms with Crippen molar-refractivity contribution in [2.75, 3.05) is 0 Å². The van der Waals surface area contributed by atoms with E-state index < -0.39 is 40.9 Å². The minimum Gasteiger partial charge on any atom is -0.477 e. The summed E-state index contributed by atoms with van der Waals surface area (Å²) in [6.45, 7) is 6.54. The van der Waals surface area contributed by atoms with E-state index in [0.29, 0.717) is 0 Å². The molecule has 0 saturated carbocycles. The van der Waals surface area contributed by atoms with Crippen molar-refractivity contribution in [3.63, 3.8) is 0 Å². The maximum atomic E-state index is 13.6. The van der Waals surface area contributed by atoms with Crippen LogP contribution in [-0.2, 0) is 4.74 Å². The Hall–Kier alpha value is -2.18. The maximum absolute atomic E-state index is 13.6. The van der Waals surface area contributed by atoms with Gasteiger partial charge in [-0.2, -0.15) is 0 Å². The van der Waals surface area contributed by atoms with Gasteiger partial charge in [-0.15, -0.1) is 0 Å². The van der Waals surface area contributed by atoms with Gasteiger partial charge in [-0.25, -0.2) is 18.4 Å². The first kappa shape index (κ1) is 16.9. The van der Waals surface area contributed by atoms with E-state index in [0.717, 1.165) is 12.1 Å². The Bertz CT molecular complexity index is 544. The van der Waals surface area contributed by atoms with Gasteiger partial charge in [0.2, 0.25) is 0 Å². The molecule has 0 fully saturated rings. The lowest BCUT2D eigenvalue weighted by Gasteiger charge is -2.22. The lowest BCUT2D eigenvalue weighted by atomic mass is 10.0. The van der Waals surface area contributed by atoms with E-state index in [1.165, 1.54) is 6.92 Å². The first-order valence-electron chi connectivity index (χ1n) is 6.23. The van der Waals surface area contributed by atoms with E-state index in [1.807, 2.05) is 0 Å². The van der Waals surface area contributed by atoms with Crippen molar-refractivity contribution in [1.82, 2.24) is 5.32 Å². The minimum atomic E-state index is -1.69. The predicted molar refractivity (Wildman–Crippen MR) is 71.1 cm³/mol. The summed E-state index contributed by atoms with van der Waals surface area (Å²) in [5, 5.41) is 11.1. The minimum absolute atomic E-state index is 0.0980.